The van der Waals surface area contributed by atoms with Gasteiger partial charge in [0.25, 0.3) is 0 Å². The average Bonchev–Trinajstić information content (AvgIpc) is 3.27. The van der Waals surface area contributed by atoms with E-state index in [1.54, 1.807) is 6.33 Å². The number of rotatable bonds is 11. The fourth-order valence-electron chi connectivity index (χ4n) is 3.35. The van der Waals surface area contributed by atoms with Crippen LogP contribution in [0.1, 0.15) is 32.4 Å². The van der Waals surface area contributed by atoms with Crippen molar-refractivity contribution < 1.29 is 5.11 Å². The minimum absolute atomic E-state index is 0.229. The van der Waals surface area contributed by atoms with Crippen LogP contribution in [0.4, 0.5) is 5.69 Å². The lowest BCUT2D eigenvalue weighted by Crippen LogP contribution is -2.28. The van der Waals surface area contributed by atoms with Crippen molar-refractivity contribution in [3.63, 3.8) is 0 Å². The summed E-state index contributed by atoms with van der Waals surface area (Å²) in [6.45, 7) is 8.00. The maximum absolute atomic E-state index is 9.02. The number of hydrogen-bond donors (Lipinski definition) is 4. The second kappa shape index (κ2) is 14.0. The fourth-order valence-corrected chi connectivity index (χ4v) is 3.52. The topological polar surface area (TPSA) is 103 Å². The van der Waals surface area contributed by atoms with Crippen LogP contribution in [-0.2, 0) is 6.42 Å². The van der Waals surface area contributed by atoms with Crippen molar-refractivity contribution in [1.29, 1.82) is 0 Å². The molecule has 1 aromatic carbocycles. The molecule has 0 bridgehead atoms. The number of nitrogens with zero attached hydrogens (tertiary/aromatic N) is 3. The smallest absolute Gasteiger partial charge is 0.0923 e. The Bertz CT molecular complexity index is 874. The molecule has 0 amide bonds. The zero-order valence-electron chi connectivity index (χ0n) is 18.5. The van der Waals surface area contributed by atoms with Crippen LogP contribution in [0.5, 0.6) is 0 Å². The molecule has 3 rings (SSSR count). The highest BCUT2D eigenvalue weighted by atomic mass is 35.5. The Morgan fingerprint density at radius 1 is 1.26 bits per heavy atom. The van der Waals surface area contributed by atoms with E-state index in [4.69, 9.17) is 22.4 Å². The lowest BCUT2D eigenvalue weighted by atomic mass is 10.1. The summed E-state index contributed by atoms with van der Waals surface area (Å²) < 4.78 is 0. The molecule has 31 heavy (non-hydrogen) atoms. The van der Waals surface area contributed by atoms with Gasteiger partial charge in [-0.3, -0.25) is 4.98 Å². The third-order valence-electron chi connectivity index (χ3n) is 5.04. The molecule has 8 heteroatoms. The zero-order valence-corrected chi connectivity index (χ0v) is 19.3. The van der Waals surface area contributed by atoms with Crippen LogP contribution in [-0.4, -0.2) is 63.8 Å². The monoisotopic (exact) mass is 446 g/mol. The minimum atomic E-state index is 0.229. The van der Waals surface area contributed by atoms with Crippen molar-refractivity contribution in [2.45, 2.75) is 39.2 Å². The predicted molar refractivity (Wildman–Crippen MR) is 130 cm³/mol. The molecular weight excluding hydrogens is 412 g/mol. The van der Waals surface area contributed by atoms with Gasteiger partial charge in [-0.2, -0.15) is 0 Å². The largest absolute Gasteiger partial charge is 0.395 e. The van der Waals surface area contributed by atoms with Crippen LogP contribution in [0.3, 0.4) is 0 Å². The van der Waals surface area contributed by atoms with Gasteiger partial charge in [0.1, 0.15) is 0 Å². The molecule has 0 aliphatic carbocycles. The van der Waals surface area contributed by atoms with E-state index in [-0.39, 0.29) is 6.61 Å². The molecule has 2 heterocycles. The third-order valence-corrected chi connectivity index (χ3v) is 5.27. The molecular formula is C23H35ClN6O. The van der Waals surface area contributed by atoms with Gasteiger partial charge in [-0.15, -0.1) is 0 Å². The van der Waals surface area contributed by atoms with E-state index >= 15 is 0 Å². The van der Waals surface area contributed by atoms with Gasteiger partial charge in [0.15, 0.2) is 0 Å². The molecule has 0 saturated heterocycles. The number of nitrogens with one attached hydrogen (secondary N) is 2. The molecule has 0 aliphatic rings. The maximum Gasteiger partial charge on any atom is 0.0923 e. The molecule has 0 aliphatic heterocycles. The Morgan fingerprint density at radius 2 is 2.10 bits per heavy atom. The lowest BCUT2D eigenvalue weighted by molar-refractivity contribution is 0.199. The highest BCUT2D eigenvalue weighted by molar-refractivity contribution is 6.31. The first-order chi connectivity index (χ1) is 15.1. The summed E-state index contributed by atoms with van der Waals surface area (Å²) in [5.74, 6) is 0. The van der Waals surface area contributed by atoms with Crippen LogP contribution in [0.25, 0.3) is 10.9 Å². The Hall–Kier alpha value is -2.19. The quantitative estimate of drug-likeness (QED) is 0.358. The standard InChI is InChI=1S/C18H26ClN3O.C5H9N3/c1-3-22(11-12-23)10-4-5-14(2)21-17-8-9-20-18-13-15(19)6-7-16(17)18;6-2-1-5-3-7-4-8-5/h6-9,13-14,23H,3-5,10-12H2,1-2H3,(H,20,21);3-4H,1-2,6H2,(H,7,8). The first-order valence-corrected chi connectivity index (χ1v) is 11.3. The molecule has 2 aromatic heterocycles. The highest BCUT2D eigenvalue weighted by Crippen LogP contribution is 2.25. The van der Waals surface area contributed by atoms with Gasteiger partial charge in [-0.1, -0.05) is 18.5 Å². The number of hydrogen-bond acceptors (Lipinski definition) is 6. The van der Waals surface area contributed by atoms with Crippen LogP contribution in [0.2, 0.25) is 5.02 Å². The maximum atomic E-state index is 9.02. The molecule has 3 aromatic rings. The minimum Gasteiger partial charge on any atom is -0.395 e. The number of anilines is 1. The van der Waals surface area contributed by atoms with Crippen LogP contribution in [0.15, 0.2) is 43.0 Å². The number of benzene rings is 1. The number of imidazole rings is 1. The summed E-state index contributed by atoms with van der Waals surface area (Å²) in [6.07, 6.45) is 8.38. The van der Waals surface area contributed by atoms with Crippen LogP contribution < -0.4 is 11.1 Å². The molecule has 0 fully saturated rings. The summed E-state index contributed by atoms with van der Waals surface area (Å²) in [7, 11) is 0. The molecule has 5 N–H and O–H groups in total. The second-order valence-corrected chi connectivity index (χ2v) is 7.90. The van der Waals surface area contributed by atoms with Crippen molar-refractivity contribution >= 4 is 28.2 Å². The molecule has 7 nitrogen and oxygen atoms in total. The molecule has 0 saturated carbocycles. The van der Waals surface area contributed by atoms with Gasteiger partial charge in [0.2, 0.25) is 0 Å². The van der Waals surface area contributed by atoms with Gasteiger partial charge in [0, 0.05) is 47.5 Å². The summed E-state index contributed by atoms with van der Waals surface area (Å²) in [6, 6.07) is 8.19. The van der Waals surface area contributed by atoms with E-state index in [0.717, 1.165) is 61.2 Å². The SMILES string of the molecule is CCN(CCO)CCCC(C)Nc1ccnc2cc(Cl)ccc12.NCCc1c[nH]cn1. The number of likely N-dealkylation sites (N-methyl/N-ethyl adjacent to an activating group) is 1. The predicted octanol–water partition coefficient (Wildman–Crippen LogP) is 3.69. The van der Waals surface area contributed by atoms with Gasteiger partial charge in [-0.05, 0) is 63.7 Å². The van der Waals surface area contributed by atoms with Crippen molar-refractivity contribution in [3.8, 4) is 0 Å². The summed E-state index contributed by atoms with van der Waals surface area (Å²) in [5, 5.41) is 14.4. The number of aliphatic hydroxyl groups excluding tert-OH is 1. The fraction of sp³-hybridized carbons (Fsp3) is 0.478. The third kappa shape index (κ3) is 8.83. The van der Waals surface area contributed by atoms with E-state index in [9.17, 15) is 0 Å². The van der Waals surface area contributed by atoms with E-state index in [0.29, 0.717) is 17.6 Å². The van der Waals surface area contributed by atoms with Gasteiger partial charge >= 0.3 is 0 Å². The summed E-state index contributed by atoms with van der Waals surface area (Å²) in [4.78, 5) is 13.5. The molecule has 1 atom stereocenters. The van der Waals surface area contributed by atoms with Crippen molar-refractivity contribution in [3.05, 3.63) is 53.7 Å². The van der Waals surface area contributed by atoms with Gasteiger partial charge in [-0.25, -0.2) is 4.98 Å². The number of fused-ring (bicyclic) bond motifs is 1. The molecule has 0 radical (unpaired) electrons. The highest BCUT2D eigenvalue weighted by Gasteiger charge is 2.08. The number of halogens is 1. The number of aliphatic hydroxyl groups is 1. The van der Waals surface area contributed by atoms with Crippen LogP contribution >= 0.6 is 11.6 Å². The van der Waals surface area contributed by atoms with E-state index < -0.39 is 0 Å². The second-order valence-electron chi connectivity index (χ2n) is 7.46. The Kier molecular flexibility index (Phi) is 11.3. The Labute approximate surface area is 190 Å². The first kappa shape index (κ1) is 25.1. The number of nitrogens with two attached hydrogens (primary N) is 1. The summed E-state index contributed by atoms with van der Waals surface area (Å²) >= 11 is 6.03. The van der Waals surface area contributed by atoms with E-state index in [2.05, 4.69) is 39.0 Å². The van der Waals surface area contributed by atoms with E-state index in [1.165, 1.54) is 0 Å². The lowest BCUT2D eigenvalue weighted by Gasteiger charge is -2.21. The van der Waals surface area contributed by atoms with Crippen molar-refractivity contribution in [2.75, 3.05) is 38.1 Å². The molecule has 0 spiro atoms. The number of pyridine rings is 1. The van der Waals surface area contributed by atoms with E-state index in [1.807, 2.05) is 36.7 Å². The van der Waals surface area contributed by atoms with Crippen molar-refractivity contribution in [2.24, 2.45) is 5.73 Å². The average molecular weight is 447 g/mol. The van der Waals surface area contributed by atoms with Gasteiger partial charge < -0.3 is 26.0 Å². The van der Waals surface area contributed by atoms with Gasteiger partial charge in [0.05, 0.1) is 24.1 Å². The van der Waals surface area contributed by atoms with Crippen molar-refractivity contribution in [1.82, 2.24) is 19.9 Å². The zero-order chi connectivity index (χ0) is 22.5. The first-order valence-electron chi connectivity index (χ1n) is 10.9. The molecule has 1 unspecified atom stereocenters. The van der Waals surface area contributed by atoms with Crippen LogP contribution in [0, 0.1) is 0 Å². The summed E-state index contributed by atoms with van der Waals surface area (Å²) in [5.41, 5.74) is 8.31. The Balaban J connectivity index is 0.000000357. The normalized spacial score (nSPS) is 11.9. The number of H-pyrrole nitrogens is 1. The Morgan fingerprint density at radius 3 is 2.77 bits per heavy atom. The molecule has 170 valence electrons. The number of aromatic amines is 1. The number of aromatic nitrogens is 3.